The van der Waals surface area contributed by atoms with Gasteiger partial charge in [0.1, 0.15) is 78.5 Å². The molecule has 4 rings (SSSR count). The number of phenolic OH excluding ortho intramolecular Hbond substituents is 2. The quantitative estimate of drug-likeness (QED) is 0.00858. The first-order valence-corrected chi connectivity index (χ1v) is 33.7. The standard InChI is InChI=1S/C66H92N18O16S2/c1-36(2)54(64(100)83-51(35-102)63(99)78-45(55(91)74-32-53(89)90)29-39-17-21-41(86)22-18-39)84-61(97)49(33-85)81-57(93)44(16-10-26-73-66(70)71)76-59(95)47(27-37-11-5-3-6-12-37)80-60(96)48(28-38-13-7-4-8-14-38)79-56(92)43(15-9-25-72-65(68)69)77-62(98)50(34-101)82-58(94)46(75-52(88)31-67)30-40-19-23-42(87)24-20-40/h3-8,11-14,17-24,36,43-51,54,85-87,101-102H,9-10,15-16,25-35,67H2,1-2H3,(H,74,91)(H,75,88)(H,76,95)(H,77,98)(H,78,99)(H,79,92)(H,80,96)(H,81,93)(H,82,94)(H,83,100)(H,84,97)(H,89,90)(H4,68,69,72)(H4,70,71,73)/t43-,44-,45-,46-,47-,48-,49-,50-,51-,54-/m0/s1. The summed E-state index contributed by atoms with van der Waals surface area (Å²) < 4.78 is 0. The molecule has 0 spiro atoms. The van der Waals surface area contributed by atoms with Crippen molar-refractivity contribution in [3.63, 3.8) is 0 Å². The van der Waals surface area contributed by atoms with Gasteiger partial charge in [0, 0.05) is 50.3 Å². The molecule has 554 valence electrons. The summed E-state index contributed by atoms with van der Waals surface area (Å²) in [6.45, 7) is 0.769. The van der Waals surface area contributed by atoms with Gasteiger partial charge in [-0.1, -0.05) is 98.8 Å². The average Bonchev–Trinajstić information content (AvgIpc) is 0.871. The molecule has 0 aliphatic rings. The van der Waals surface area contributed by atoms with E-state index in [9.17, 15) is 78.0 Å². The Kier molecular flexibility index (Phi) is 35.9. The highest BCUT2D eigenvalue weighted by Gasteiger charge is 2.37. The van der Waals surface area contributed by atoms with Crippen molar-refractivity contribution in [1.82, 2.24) is 69.1 Å². The highest BCUT2D eigenvalue weighted by molar-refractivity contribution is 7.80. The number of carboxylic acid groups (broad SMARTS) is 1. The van der Waals surface area contributed by atoms with Gasteiger partial charge in [-0.3, -0.25) is 68.4 Å². The maximum Gasteiger partial charge on any atom is 0.322 e. The van der Waals surface area contributed by atoms with Gasteiger partial charge in [0.15, 0.2) is 11.9 Å². The molecule has 11 amide bonds. The molecular formula is C66H92N18O16S2. The summed E-state index contributed by atoms with van der Waals surface area (Å²) in [5.41, 5.74) is 18.6. The highest BCUT2D eigenvalue weighted by Crippen LogP contribution is 2.16. The minimum Gasteiger partial charge on any atom is -0.508 e. The topological polar surface area (TPSA) is 568 Å². The first-order valence-electron chi connectivity index (χ1n) is 32.4. The molecule has 0 saturated carbocycles. The van der Waals surface area contributed by atoms with E-state index < -0.39 is 163 Å². The number of carbonyl (C=O) groups is 12. The number of carbonyl (C=O) groups excluding carboxylic acids is 11. The van der Waals surface area contributed by atoms with Crippen molar-refractivity contribution in [2.45, 2.75) is 126 Å². The zero-order chi connectivity index (χ0) is 75.4. The van der Waals surface area contributed by atoms with Crippen molar-refractivity contribution in [3.05, 3.63) is 131 Å². The van der Waals surface area contributed by atoms with E-state index in [0.29, 0.717) is 22.3 Å². The number of aliphatic carboxylic acids is 1. The lowest BCUT2D eigenvalue weighted by atomic mass is 10.0. The van der Waals surface area contributed by atoms with E-state index in [-0.39, 0.29) is 93.4 Å². The number of thiol groups is 2. The fourth-order valence-electron chi connectivity index (χ4n) is 9.95. The van der Waals surface area contributed by atoms with E-state index in [0.717, 1.165) is 0 Å². The van der Waals surface area contributed by atoms with Crippen LogP contribution in [0.3, 0.4) is 0 Å². The molecule has 102 heavy (non-hydrogen) atoms. The predicted molar refractivity (Wildman–Crippen MR) is 381 cm³/mol. The Morgan fingerprint density at radius 2 is 0.725 bits per heavy atom. The Morgan fingerprint density at radius 3 is 1.08 bits per heavy atom. The van der Waals surface area contributed by atoms with Crippen LogP contribution in [0.15, 0.2) is 109 Å². The number of hydrogen-bond donors (Lipinski definition) is 24. The maximum atomic E-state index is 14.9. The molecule has 0 unspecified atom stereocenters. The zero-order valence-electron chi connectivity index (χ0n) is 56.2. The van der Waals surface area contributed by atoms with Gasteiger partial charge >= 0.3 is 5.97 Å². The van der Waals surface area contributed by atoms with E-state index in [1.165, 1.54) is 62.4 Å². The molecule has 0 heterocycles. The summed E-state index contributed by atoms with van der Waals surface area (Å²) in [7, 11) is 0. The Bertz CT molecular complexity index is 3490. The second-order valence-corrected chi connectivity index (χ2v) is 24.5. The number of benzene rings is 4. The van der Waals surface area contributed by atoms with E-state index >= 15 is 0 Å². The number of rotatable bonds is 43. The number of nitrogens with two attached hydrogens (primary N) is 3. The molecule has 0 bridgehead atoms. The number of carboxylic acids is 1. The lowest BCUT2D eigenvalue weighted by Gasteiger charge is -2.29. The van der Waals surface area contributed by atoms with Crippen LogP contribution in [0, 0.1) is 16.7 Å². The summed E-state index contributed by atoms with van der Waals surface area (Å²) >= 11 is 8.52. The normalized spacial score (nSPS) is 13.8. The molecule has 0 aliphatic heterocycles. The van der Waals surface area contributed by atoms with Gasteiger partial charge in [0.05, 0.1) is 13.2 Å². The van der Waals surface area contributed by atoms with Crippen molar-refractivity contribution >= 4 is 108 Å². The Morgan fingerprint density at radius 1 is 0.412 bits per heavy atom. The molecular weight excluding hydrogens is 1360 g/mol. The third-order valence-corrected chi connectivity index (χ3v) is 16.1. The molecule has 25 N–H and O–H groups in total. The van der Waals surface area contributed by atoms with E-state index in [1.54, 1.807) is 60.7 Å². The predicted octanol–water partition coefficient (Wildman–Crippen LogP) is -4.59. The van der Waals surface area contributed by atoms with Crippen LogP contribution >= 0.6 is 25.3 Å². The summed E-state index contributed by atoms with van der Waals surface area (Å²) in [5, 5.41) is 87.7. The number of aliphatic hydroxyl groups excluding tert-OH is 1. The number of hydrogen-bond acceptors (Lipinski definition) is 20. The van der Waals surface area contributed by atoms with E-state index in [2.05, 4.69) is 94.4 Å². The van der Waals surface area contributed by atoms with Crippen molar-refractivity contribution in [3.8, 4) is 11.5 Å². The third-order valence-electron chi connectivity index (χ3n) is 15.4. The van der Waals surface area contributed by atoms with Crippen molar-refractivity contribution < 1.29 is 78.0 Å². The number of phenols is 2. The van der Waals surface area contributed by atoms with Gasteiger partial charge in [-0.15, -0.1) is 0 Å². The minimum absolute atomic E-state index is 0.00648. The number of guanidine groups is 2. The Hall–Kier alpha value is -10.7. The second-order valence-electron chi connectivity index (χ2n) is 23.8. The minimum atomic E-state index is -1.82. The first-order chi connectivity index (χ1) is 48.5. The molecule has 34 nitrogen and oxygen atoms in total. The van der Waals surface area contributed by atoms with Gasteiger partial charge in [0.2, 0.25) is 65.0 Å². The lowest BCUT2D eigenvalue weighted by Crippen LogP contribution is -2.62. The Balaban J connectivity index is 1.62. The molecule has 4 aromatic rings. The van der Waals surface area contributed by atoms with Gasteiger partial charge in [0.25, 0.3) is 0 Å². The van der Waals surface area contributed by atoms with Crippen LogP contribution < -0.4 is 86.3 Å². The van der Waals surface area contributed by atoms with E-state index in [4.69, 9.17) is 28.0 Å². The molecule has 4 aromatic carbocycles. The molecule has 0 aliphatic carbocycles. The van der Waals surface area contributed by atoms with Gasteiger partial charge < -0.3 is 107 Å². The number of aliphatic hydroxyl groups is 1. The second kappa shape index (κ2) is 43.7. The smallest absolute Gasteiger partial charge is 0.322 e. The van der Waals surface area contributed by atoms with Crippen LogP contribution in [0.1, 0.15) is 61.8 Å². The maximum absolute atomic E-state index is 14.9. The molecule has 0 fully saturated rings. The van der Waals surface area contributed by atoms with Crippen LogP contribution in [0.2, 0.25) is 0 Å². The largest absolute Gasteiger partial charge is 0.508 e. The number of aromatic hydroxyl groups is 2. The fourth-order valence-corrected chi connectivity index (χ4v) is 10.5. The SMILES string of the molecule is CC(C)[C@H](NC(=O)[C@H](CO)NC(=O)[C@H](CCCNC(=N)N)NC(=O)[C@H](Cc1ccccc1)NC(=O)[C@H](Cc1ccccc1)NC(=O)[C@H](CCCNC(=N)N)NC(=O)[C@H](CS)NC(=O)[C@H](Cc1ccc(O)cc1)NC(=O)CN)C(=O)N[C@@H](CS)C(=O)N[C@@H](Cc1ccc(O)cc1)C(=O)NCC(=O)O. The van der Waals surface area contributed by atoms with Crippen molar-refractivity contribution in [2.75, 3.05) is 44.3 Å². The van der Waals surface area contributed by atoms with E-state index in [1.807, 2.05) is 0 Å². The summed E-state index contributed by atoms with van der Waals surface area (Å²) in [5.74, 6) is -13.9. The van der Waals surface area contributed by atoms with Crippen LogP contribution in [0.5, 0.6) is 11.5 Å². The van der Waals surface area contributed by atoms with Gasteiger partial charge in [-0.2, -0.15) is 25.3 Å². The lowest BCUT2D eigenvalue weighted by molar-refractivity contribution is -0.138. The summed E-state index contributed by atoms with van der Waals surface area (Å²) in [6, 6.07) is 13.2. The van der Waals surface area contributed by atoms with Crippen LogP contribution in [0.25, 0.3) is 0 Å². The number of nitrogens with one attached hydrogen (secondary N) is 15. The third kappa shape index (κ3) is 30.0. The van der Waals surface area contributed by atoms with Crippen LogP contribution in [-0.4, -0.2) is 208 Å². The summed E-state index contributed by atoms with van der Waals surface area (Å²) in [4.78, 5) is 166. The zero-order valence-corrected chi connectivity index (χ0v) is 58.0. The molecule has 0 saturated heterocycles. The molecule has 10 atom stereocenters. The molecule has 0 aromatic heterocycles. The monoisotopic (exact) mass is 1460 g/mol. The number of amides is 11. The first kappa shape index (κ1) is 83.7. The summed E-state index contributed by atoms with van der Waals surface area (Å²) in [6.07, 6.45) is -0.949. The van der Waals surface area contributed by atoms with Crippen LogP contribution in [-0.2, 0) is 83.2 Å². The van der Waals surface area contributed by atoms with Crippen molar-refractivity contribution in [1.29, 1.82) is 10.8 Å². The fraction of sp³-hybridized carbons (Fsp3) is 0.424. The Labute approximate surface area is 599 Å². The van der Waals surface area contributed by atoms with Crippen molar-refractivity contribution in [2.24, 2.45) is 23.1 Å². The molecule has 36 heteroatoms. The molecule has 0 radical (unpaired) electrons. The average molecular weight is 1460 g/mol. The van der Waals surface area contributed by atoms with Gasteiger partial charge in [-0.05, 0) is 78.1 Å². The van der Waals surface area contributed by atoms with Gasteiger partial charge in [-0.25, -0.2) is 0 Å². The highest BCUT2D eigenvalue weighted by atomic mass is 32.1. The van der Waals surface area contributed by atoms with Crippen LogP contribution in [0.4, 0.5) is 0 Å².